The first-order chi connectivity index (χ1) is 14.5. The molecule has 0 amide bonds. The highest BCUT2D eigenvalue weighted by Crippen LogP contribution is 2.36. The van der Waals surface area contributed by atoms with Gasteiger partial charge in [0.1, 0.15) is 24.1 Å². The van der Waals surface area contributed by atoms with E-state index in [1.807, 2.05) is 12.1 Å². The Kier molecular flexibility index (Phi) is 6.20. The SMILES string of the molecule is COc1cc2c(Nc3ccc(Cl)cc3F)ncnc2cc1OC(C)C1CCCNC1. The standard InChI is InChI=1S/C22H24ClFN4O2/c1-13(14-4-3-7-25-11-14)30-21-10-19-16(9-20(21)29-2)22(27-12-26-19)28-18-6-5-15(23)8-17(18)24/h5-6,8-10,12-14,25H,3-4,7,11H2,1-2H3,(H,26,27,28). The Labute approximate surface area is 179 Å². The van der Waals surface area contributed by atoms with Crippen LogP contribution in [0.15, 0.2) is 36.7 Å². The molecule has 2 N–H and O–H groups in total. The molecule has 1 aromatic heterocycles. The molecular weight excluding hydrogens is 407 g/mol. The second-order valence-corrected chi connectivity index (χ2v) is 7.86. The number of methoxy groups -OCH3 is 1. The molecule has 2 atom stereocenters. The first-order valence-corrected chi connectivity index (χ1v) is 10.3. The number of fused-ring (bicyclic) bond motifs is 1. The van der Waals surface area contributed by atoms with Crippen molar-refractivity contribution in [2.24, 2.45) is 5.92 Å². The maximum atomic E-state index is 14.2. The zero-order valence-electron chi connectivity index (χ0n) is 16.9. The zero-order chi connectivity index (χ0) is 21.1. The predicted molar refractivity (Wildman–Crippen MR) is 116 cm³/mol. The largest absolute Gasteiger partial charge is 0.493 e. The Morgan fingerprint density at radius 3 is 2.83 bits per heavy atom. The summed E-state index contributed by atoms with van der Waals surface area (Å²) in [5.74, 6) is 1.65. The Bertz CT molecular complexity index is 1040. The highest BCUT2D eigenvalue weighted by atomic mass is 35.5. The van der Waals surface area contributed by atoms with Crippen molar-refractivity contribution in [2.75, 3.05) is 25.5 Å². The number of rotatable bonds is 6. The third-order valence-electron chi connectivity index (χ3n) is 5.42. The second kappa shape index (κ2) is 9.02. The molecule has 3 aromatic rings. The van der Waals surface area contributed by atoms with Gasteiger partial charge in [-0.1, -0.05) is 11.6 Å². The normalized spacial score (nSPS) is 17.5. The molecule has 1 aliphatic rings. The maximum Gasteiger partial charge on any atom is 0.163 e. The van der Waals surface area contributed by atoms with Crippen molar-refractivity contribution >= 4 is 34.0 Å². The monoisotopic (exact) mass is 430 g/mol. The van der Waals surface area contributed by atoms with Crippen molar-refractivity contribution in [2.45, 2.75) is 25.9 Å². The van der Waals surface area contributed by atoms with Gasteiger partial charge in [0.2, 0.25) is 0 Å². The maximum absolute atomic E-state index is 14.2. The molecule has 8 heteroatoms. The van der Waals surface area contributed by atoms with Crippen LogP contribution in [0.1, 0.15) is 19.8 Å². The minimum Gasteiger partial charge on any atom is -0.493 e. The fourth-order valence-electron chi connectivity index (χ4n) is 3.71. The van der Waals surface area contributed by atoms with Crippen LogP contribution in [0.4, 0.5) is 15.9 Å². The van der Waals surface area contributed by atoms with Crippen LogP contribution in [-0.2, 0) is 0 Å². The smallest absolute Gasteiger partial charge is 0.163 e. The number of hydrogen-bond donors (Lipinski definition) is 2. The molecule has 30 heavy (non-hydrogen) atoms. The lowest BCUT2D eigenvalue weighted by Crippen LogP contribution is -2.37. The van der Waals surface area contributed by atoms with Gasteiger partial charge in [-0.25, -0.2) is 14.4 Å². The fraction of sp³-hybridized carbons (Fsp3) is 0.364. The minimum atomic E-state index is -0.462. The first kappa shape index (κ1) is 20.6. The minimum absolute atomic E-state index is 0.0340. The van der Waals surface area contributed by atoms with Gasteiger partial charge in [0, 0.05) is 28.9 Å². The molecule has 2 unspecified atom stereocenters. The van der Waals surface area contributed by atoms with Gasteiger partial charge < -0.3 is 20.1 Å². The molecule has 1 saturated heterocycles. The van der Waals surface area contributed by atoms with Crippen LogP contribution in [-0.4, -0.2) is 36.3 Å². The summed E-state index contributed by atoms with van der Waals surface area (Å²) >= 11 is 5.84. The molecule has 4 rings (SSSR count). The van der Waals surface area contributed by atoms with Gasteiger partial charge >= 0.3 is 0 Å². The van der Waals surface area contributed by atoms with E-state index in [4.69, 9.17) is 21.1 Å². The zero-order valence-corrected chi connectivity index (χ0v) is 17.7. The number of piperidine rings is 1. The predicted octanol–water partition coefficient (Wildman–Crippen LogP) is 4.94. The van der Waals surface area contributed by atoms with E-state index in [-0.39, 0.29) is 11.8 Å². The van der Waals surface area contributed by atoms with Crippen LogP contribution in [0, 0.1) is 11.7 Å². The highest BCUT2D eigenvalue weighted by Gasteiger charge is 2.23. The fourth-order valence-corrected chi connectivity index (χ4v) is 3.87. The molecule has 0 spiro atoms. The van der Waals surface area contributed by atoms with Gasteiger partial charge in [-0.05, 0) is 50.6 Å². The lowest BCUT2D eigenvalue weighted by molar-refractivity contribution is 0.127. The average molecular weight is 431 g/mol. The van der Waals surface area contributed by atoms with Crippen LogP contribution >= 0.6 is 11.6 Å². The van der Waals surface area contributed by atoms with Crippen molar-refractivity contribution in [3.8, 4) is 11.5 Å². The van der Waals surface area contributed by atoms with Gasteiger partial charge in [-0.3, -0.25) is 0 Å². The van der Waals surface area contributed by atoms with E-state index in [0.717, 1.165) is 25.9 Å². The number of hydrogen-bond acceptors (Lipinski definition) is 6. The van der Waals surface area contributed by atoms with Gasteiger partial charge in [-0.2, -0.15) is 0 Å². The number of benzene rings is 2. The van der Waals surface area contributed by atoms with Crippen molar-refractivity contribution < 1.29 is 13.9 Å². The highest BCUT2D eigenvalue weighted by molar-refractivity contribution is 6.30. The van der Waals surface area contributed by atoms with Gasteiger partial charge in [-0.15, -0.1) is 0 Å². The topological polar surface area (TPSA) is 68.3 Å². The molecular formula is C22H24ClFN4O2. The van der Waals surface area contributed by atoms with Gasteiger partial charge in [0.05, 0.1) is 18.3 Å². The lowest BCUT2D eigenvalue weighted by atomic mass is 9.94. The third-order valence-corrected chi connectivity index (χ3v) is 5.65. The molecule has 2 heterocycles. The van der Waals surface area contributed by atoms with Crippen molar-refractivity contribution in [3.63, 3.8) is 0 Å². The Hall–Kier alpha value is -2.64. The Morgan fingerprint density at radius 1 is 1.23 bits per heavy atom. The van der Waals surface area contributed by atoms with Gasteiger partial charge in [0.15, 0.2) is 11.5 Å². The molecule has 6 nitrogen and oxygen atoms in total. The van der Waals surface area contributed by atoms with Gasteiger partial charge in [0.25, 0.3) is 0 Å². The van der Waals surface area contributed by atoms with Crippen LogP contribution in [0.5, 0.6) is 11.5 Å². The molecule has 0 aliphatic carbocycles. The second-order valence-electron chi connectivity index (χ2n) is 7.42. The number of nitrogens with one attached hydrogen (secondary N) is 2. The molecule has 2 aromatic carbocycles. The number of anilines is 2. The summed E-state index contributed by atoms with van der Waals surface area (Å²) in [6.45, 7) is 4.08. The van der Waals surface area contributed by atoms with Crippen LogP contribution < -0.4 is 20.1 Å². The first-order valence-electron chi connectivity index (χ1n) is 9.97. The number of halogens is 2. The van der Waals surface area contributed by atoms with E-state index < -0.39 is 5.82 Å². The summed E-state index contributed by atoms with van der Waals surface area (Å²) in [5.41, 5.74) is 0.948. The van der Waals surface area contributed by atoms with E-state index in [2.05, 4.69) is 27.5 Å². The molecule has 1 fully saturated rings. The van der Waals surface area contributed by atoms with Crippen molar-refractivity contribution in [1.29, 1.82) is 0 Å². The van der Waals surface area contributed by atoms with E-state index in [0.29, 0.717) is 39.2 Å². The van der Waals surface area contributed by atoms with E-state index in [1.54, 1.807) is 19.2 Å². The van der Waals surface area contributed by atoms with E-state index >= 15 is 0 Å². The summed E-state index contributed by atoms with van der Waals surface area (Å²) in [7, 11) is 1.59. The lowest BCUT2D eigenvalue weighted by Gasteiger charge is -2.29. The summed E-state index contributed by atoms with van der Waals surface area (Å²) in [4.78, 5) is 8.64. The average Bonchev–Trinajstić information content (AvgIpc) is 2.76. The number of aromatic nitrogens is 2. The molecule has 0 saturated carbocycles. The van der Waals surface area contributed by atoms with E-state index in [1.165, 1.54) is 12.4 Å². The van der Waals surface area contributed by atoms with Crippen LogP contribution in [0.2, 0.25) is 5.02 Å². The summed E-state index contributed by atoms with van der Waals surface area (Å²) in [6.07, 6.45) is 3.75. The summed E-state index contributed by atoms with van der Waals surface area (Å²) < 4.78 is 26.1. The molecule has 0 bridgehead atoms. The molecule has 0 radical (unpaired) electrons. The summed E-state index contributed by atoms with van der Waals surface area (Å²) in [6, 6.07) is 8.09. The quantitative estimate of drug-likeness (QED) is 0.577. The third kappa shape index (κ3) is 4.42. The summed E-state index contributed by atoms with van der Waals surface area (Å²) in [5, 5.41) is 7.46. The number of ether oxygens (including phenoxy) is 2. The van der Waals surface area contributed by atoms with Crippen LogP contribution in [0.3, 0.4) is 0 Å². The Morgan fingerprint density at radius 2 is 2.10 bits per heavy atom. The van der Waals surface area contributed by atoms with Crippen LogP contribution in [0.25, 0.3) is 10.9 Å². The molecule has 1 aliphatic heterocycles. The Balaban J connectivity index is 1.65. The van der Waals surface area contributed by atoms with E-state index in [9.17, 15) is 4.39 Å². The molecule has 158 valence electrons. The van der Waals surface area contributed by atoms with Crippen molar-refractivity contribution in [3.05, 3.63) is 47.5 Å². The number of nitrogens with zero attached hydrogens (tertiary/aromatic N) is 2. The van der Waals surface area contributed by atoms with Crippen molar-refractivity contribution in [1.82, 2.24) is 15.3 Å².